The first-order valence-electron chi connectivity index (χ1n) is 12.1. The van der Waals surface area contributed by atoms with Crippen LogP contribution >= 0.6 is 11.3 Å². The fraction of sp³-hybridized carbons (Fsp3) is 0.179. The Morgan fingerprint density at radius 3 is 2.14 bits per heavy atom. The molecule has 0 saturated carbocycles. The number of carbonyl (C=O) groups excluding carboxylic acids is 2. The number of halogens is 3. The average Bonchev–Trinajstić information content (AvgIpc) is 3.44. The number of hydrogen-bond acceptors (Lipinski definition) is 8. The molecule has 0 saturated heterocycles. The Kier molecular flexibility index (Phi) is 12.1. The first kappa shape index (κ1) is 34.2. The van der Waals surface area contributed by atoms with Crippen LogP contribution in [0.5, 0.6) is 5.75 Å². The lowest BCUT2D eigenvalue weighted by atomic mass is 10.1. The molecule has 228 valence electrons. The third-order valence-corrected chi connectivity index (χ3v) is 6.60. The summed E-state index contributed by atoms with van der Waals surface area (Å²) in [7, 11) is 1.58. The van der Waals surface area contributed by atoms with E-state index >= 15 is 0 Å². The van der Waals surface area contributed by atoms with Crippen LogP contribution in [0.4, 0.5) is 18.9 Å². The zero-order chi connectivity index (χ0) is 32.3. The fourth-order valence-corrected chi connectivity index (χ4v) is 4.29. The molecular weight excluding hydrogens is 593 g/mol. The largest absolute Gasteiger partial charge is 0.494 e. The number of thiazole rings is 1. The van der Waals surface area contributed by atoms with Crippen LogP contribution in [0.3, 0.4) is 0 Å². The van der Waals surface area contributed by atoms with Gasteiger partial charge < -0.3 is 26.4 Å². The van der Waals surface area contributed by atoms with Gasteiger partial charge in [-0.05, 0) is 48.4 Å². The number of nitrogens with two attached hydrogens (primary N) is 2. The van der Waals surface area contributed by atoms with Gasteiger partial charge >= 0.3 is 18.1 Å². The number of carbonyl (C=O) groups is 4. The number of carboxylic acid groups (broad SMARTS) is 2. The third-order valence-electron chi connectivity index (χ3n) is 5.39. The molecule has 0 aliphatic carbocycles. The molecule has 15 heteroatoms. The molecule has 6 N–H and O–H groups in total. The van der Waals surface area contributed by atoms with Crippen molar-refractivity contribution >= 4 is 51.0 Å². The number of aryl methyl sites for hydroxylation is 1. The highest BCUT2D eigenvalue weighted by atomic mass is 32.1. The maximum absolute atomic E-state index is 12.6. The Balaban J connectivity index is 0.000000255. The number of ether oxygens (including phenoxy) is 1. The van der Waals surface area contributed by atoms with Gasteiger partial charge in [0.2, 0.25) is 0 Å². The van der Waals surface area contributed by atoms with E-state index in [0.717, 1.165) is 15.8 Å². The molecule has 0 aliphatic rings. The average molecular weight is 621 g/mol. The van der Waals surface area contributed by atoms with Gasteiger partial charge in [0.15, 0.2) is 5.01 Å². The highest BCUT2D eigenvalue weighted by molar-refractivity contribution is 7.20. The SMILES string of the molecule is COc1ccc(C)c2sc(C(N)=O)nc12.NCc1cccc(C(=O)N(CC(=O)O)c2ccccc2)c1.O=C(O)C(F)(F)F. The van der Waals surface area contributed by atoms with Crippen molar-refractivity contribution in [3.63, 3.8) is 0 Å². The fourth-order valence-electron chi connectivity index (χ4n) is 3.39. The van der Waals surface area contributed by atoms with Crippen molar-refractivity contribution in [2.75, 3.05) is 18.6 Å². The molecule has 2 amide bonds. The first-order chi connectivity index (χ1) is 20.2. The quantitative estimate of drug-likeness (QED) is 0.235. The van der Waals surface area contributed by atoms with E-state index in [1.807, 2.05) is 31.2 Å². The number of aliphatic carboxylic acids is 2. The molecule has 3 aromatic carbocycles. The molecule has 0 radical (unpaired) electrons. The number of aromatic nitrogens is 1. The number of rotatable bonds is 7. The molecule has 1 aromatic heterocycles. The summed E-state index contributed by atoms with van der Waals surface area (Å²) in [6.07, 6.45) is -5.08. The summed E-state index contributed by atoms with van der Waals surface area (Å²) in [6, 6.07) is 19.4. The van der Waals surface area contributed by atoms with E-state index in [1.165, 1.54) is 16.2 Å². The van der Waals surface area contributed by atoms with Gasteiger partial charge in [0.1, 0.15) is 17.8 Å². The van der Waals surface area contributed by atoms with Crippen molar-refractivity contribution in [2.24, 2.45) is 11.5 Å². The van der Waals surface area contributed by atoms with Crippen LogP contribution in [0.1, 0.15) is 31.3 Å². The number of amides is 2. The predicted molar refractivity (Wildman–Crippen MR) is 153 cm³/mol. The zero-order valence-corrected chi connectivity index (χ0v) is 23.6. The molecule has 0 unspecified atom stereocenters. The standard InChI is InChI=1S/C16H16N2O3.C10H10N2O2S.C2HF3O2/c17-10-12-5-4-6-13(9-12)16(21)18(11-15(19)20)14-7-2-1-3-8-14;1-5-3-4-6(14-2)7-8(5)15-10(12-7)9(11)13;3-2(4,5)1(6)7/h1-9H,10-11,17H2,(H,19,20);3-4H,1-2H3,(H2,11,13);(H,6,7). The van der Waals surface area contributed by atoms with Gasteiger partial charge in [0, 0.05) is 17.8 Å². The molecule has 4 aromatic rings. The molecule has 0 bridgehead atoms. The number of para-hydroxylation sites is 1. The number of fused-ring (bicyclic) bond motifs is 1. The van der Waals surface area contributed by atoms with Gasteiger partial charge in [-0.3, -0.25) is 19.3 Å². The maximum atomic E-state index is 12.6. The minimum absolute atomic E-state index is 0.317. The first-order valence-corrected chi connectivity index (χ1v) is 12.9. The predicted octanol–water partition coefficient (Wildman–Crippen LogP) is 4.22. The van der Waals surface area contributed by atoms with E-state index in [-0.39, 0.29) is 5.91 Å². The summed E-state index contributed by atoms with van der Waals surface area (Å²) >= 11 is 1.30. The Labute approximate surface area is 247 Å². The van der Waals surface area contributed by atoms with E-state index in [0.29, 0.717) is 34.1 Å². The summed E-state index contributed by atoms with van der Waals surface area (Å²) in [6.45, 7) is 1.89. The highest BCUT2D eigenvalue weighted by Crippen LogP contribution is 2.32. The lowest BCUT2D eigenvalue weighted by Crippen LogP contribution is -2.35. The van der Waals surface area contributed by atoms with Crippen molar-refractivity contribution < 1.29 is 47.3 Å². The van der Waals surface area contributed by atoms with Crippen molar-refractivity contribution in [1.82, 2.24) is 4.98 Å². The summed E-state index contributed by atoms with van der Waals surface area (Å²) in [5, 5.41) is 16.5. The number of anilines is 1. The van der Waals surface area contributed by atoms with Crippen LogP contribution < -0.4 is 21.1 Å². The lowest BCUT2D eigenvalue weighted by molar-refractivity contribution is -0.192. The highest BCUT2D eigenvalue weighted by Gasteiger charge is 2.38. The molecule has 1 heterocycles. The molecule has 0 aliphatic heterocycles. The van der Waals surface area contributed by atoms with Gasteiger partial charge in [-0.1, -0.05) is 36.4 Å². The molecule has 0 atom stereocenters. The molecular formula is C28H27F3N4O7S. The van der Waals surface area contributed by atoms with E-state index in [1.54, 1.807) is 49.6 Å². The topological polar surface area (TPSA) is 186 Å². The third kappa shape index (κ3) is 9.79. The van der Waals surface area contributed by atoms with Crippen LogP contribution in [-0.2, 0) is 16.1 Å². The minimum Gasteiger partial charge on any atom is -0.494 e. The van der Waals surface area contributed by atoms with Crippen molar-refractivity contribution in [1.29, 1.82) is 0 Å². The molecule has 4 rings (SSSR count). The van der Waals surface area contributed by atoms with Crippen molar-refractivity contribution in [3.8, 4) is 5.75 Å². The van der Waals surface area contributed by atoms with Crippen LogP contribution in [-0.4, -0.2) is 58.8 Å². The maximum Gasteiger partial charge on any atom is 0.490 e. The van der Waals surface area contributed by atoms with Crippen LogP contribution in [0.15, 0.2) is 66.7 Å². The monoisotopic (exact) mass is 620 g/mol. The number of benzene rings is 3. The Bertz CT molecular complexity index is 1590. The second kappa shape index (κ2) is 15.3. The second-order valence-corrected chi connectivity index (χ2v) is 9.47. The summed E-state index contributed by atoms with van der Waals surface area (Å²) < 4.78 is 37.9. The Morgan fingerprint density at radius 1 is 1.00 bits per heavy atom. The van der Waals surface area contributed by atoms with E-state index in [2.05, 4.69) is 4.98 Å². The normalized spacial score (nSPS) is 10.5. The van der Waals surface area contributed by atoms with Crippen molar-refractivity contribution in [2.45, 2.75) is 19.6 Å². The Hall–Kier alpha value is -5.02. The van der Waals surface area contributed by atoms with Gasteiger partial charge in [-0.15, -0.1) is 11.3 Å². The summed E-state index contributed by atoms with van der Waals surface area (Å²) in [5.74, 6) is -4.02. The van der Waals surface area contributed by atoms with Gasteiger partial charge in [-0.2, -0.15) is 13.2 Å². The molecule has 43 heavy (non-hydrogen) atoms. The lowest BCUT2D eigenvalue weighted by Gasteiger charge is -2.21. The second-order valence-electron chi connectivity index (χ2n) is 8.47. The summed E-state index contributed by atoms with van der Waals surface area (Å²) in [5.41, 5.74) is 14.3. The van der Waals surface area contributed by atoms with Gasteiger partial charge in [-0.25, -0.2) is 9.78 Å². The van der Waals surface area contributed by atoms with E-state index < -0.39 is 30.6 Å². The molecule has 0 spiro atoms. The Morgan fingerprint density at radius 2 is 1.63 bits per heavy atom. The number of alkyl halides is 3. The smallest absolute Gasteiger partial charge is 0.490 e. The van der Waals surface area contributed by atoms with Crippen LogP contribution in [0.2, 0.25) is 0 Å². The van der Waals surface area contributed by atoms with Crippen LogP contribution in [0.25, 0.3) is 10.2 Å². The number of nitrogens with zero attached hydrogens (tertiary/aromatic N) is 2. The number of primary amides is 1. The van der Waals surface area contributed by atoms with Gasteiger partial charge in [0.05, 0.1) is 11.8 Å². The van der Waals surface area contributed by atoms with Crippen molar-refractivity contribution in [3.05, 3.63) is 88.4 Å². The number of carboxylic acids is 2. The van der Waals surface area contributed by atoms with Gasteiger partial charge in [0.25, 0.3) is 11.8 Å². The minimum atomic E-state index is -5.08. The van der Waals surface area contributed by atoms with E-state index in [4.69, 9.17) is 31.2 Å². The van der Waals surface area contributed by atoms with Crippen LogP contribution in [0, 0.1) is 6.92 Å². The zero-order valence-electron chi connectivity index (χ0n) is 22.8. The van der Waals surface area contributed by atoms with E-state index in [9.17, 15) is 27.6 Å². The molecule has 0 fully saturated rings. The molecule has 11 nitrogen and oxygen atoms in total. The number of hydrogen-bond donors (Lipinski definition) is 4. The summed E-state index contributed by atoms with van der Waals surface area (Å²) in [4.78, 5) is 48.9. The number of methoxy groups -OCH3 is 1.